The summed E-state index contributed by atoms with van der Waals surface area (Å²) in [5.74, 6) is 0.178. The zero-order valence-corrected chi connectivity index (χ0v) is 9.06. The van der Waals surface area contributed by atoms with Gasteiger partial charge in [0, 0.05) is 25.8 Å². The molecule has 0 amide bonds. The average molecular weight is 211 g/mol. The van der Waals surface area contributed by atoms with Gasteiger partial charge in [-0.25, -0.2) is 0 Å². The van der Waals surface area contributed by atoms with Crippen LogP contribution in [-0.4, -0.2) is 34.0 Å². The van der Waals surface area contributed by atoms with Crippen molar-refractivity contribution < 1.29 is 9.53 Å². The SMILES string of the molecule is CC(=O)CCOCCCCn1ccnn1. The van der Waals surface area contributed by atoms with E-state index >= 15 is 0 Å². The molecular weight excluding hydrogens is 194 g/mol. The quantitative estimate of drug-likeness (QED) is 0.603. The summed E-state index contributed by atoms with van der Waals surface area (Å²) in [6.45, 7) is 3.70. The van der Waals surface area contributed by atoms with Gasteiger partial charge in [0.05, 0.1) is 12.8 Å². The summed E-state index contributed by atoms with van der Waals surface area (Å²) in [7, 11) is 0. The minimum atomic E-state index is 0.178. The Morgan fingerprint density at radius 3 is 2.93 bits per heavy atom. The molecule has 0 radical (unpaired) electrons. The fraction of sp³-hybridized carbons (Fsp3) is 0.700. The summed E-state index contributed by atoms with van der Waals surface area (Å²) in [4.78, 5) is 10.6. The molecule has 84 valence electrons. The van der Waals surface area contributed by atoms with Gasteiger partial charge in [-0.15, -0.1) is 5.10 Å². The van der Waals surface area contributed by atoms with E-state index in [0.29, 0.717) is 19.6 Å². The number of hydrogen-bond acceptors (Lipinski definition) is 4. The first-order chi connectivity index (χ1) is 7.29. The molecule has 0 aromatic carbocycles. The first-order valence-corrected chi connectivity index (χ1v) is 5.20. The molecule has 0 fully saturated rings. The molecule has 1 heterocycles. The van der Waals surface area contributed by atoms with Gasteiger partial charge in [0.1, 0.15) is 5.78 Å². The number of carbonyl (C=O) groups is 1. The number of ketones is 1. The lowest BCUT2D eigenvalue weighted by Gasteiger charge is -2.02. The molecule has 0 saturated heterocycles. The Balaban J connectivity index is 1.87. The van der Waals surface area contributed by atoms with Gasteiger partial charge in [-0.2, -0.15) is 0 Å². The molecular formula is C10H17N3O2. The van der Waals surface area contributed by atoms with E-state index in [-0.39, 0.29) is 5.78 Å². The van der Waals surface area contributed by atoms with Crippen LogP contribution in [0.15, 0.2) is 12.4 Å². The fourth-order valence-electron chi connectivity index (χ4n) is 1.15. The predicted octanol–water partition coefficient (Wildman–Crippen LogP) is 1.05. The van der Waals surface area contributed by atoms with Crippen LogP contribution >= 0.6 is 0 Å². The maximum absolute atomic E-state index is 10.6. The first-order valence-electron chi connectivity index (χ1n) is 5.20. The standard InChI is InChI=1S/C10H17N3O2/c1-10(14)4-9-15-8-3-2-6-13-7-5-11-12-13/h5,7H,2-4,6,8-9H2,1H3. The van der Waals surface area contributed by atoms with E-state index in [1.165, 1.54) is 0 Å². The molecule has 0 unspecified atom stereocenters. The van der Waals surface area contributed by atoms with Gasteiger partial charge in [0.25, 0.3) is 0 Å². The number of Topliss-reactive ketones (excluding diaryl/α,β-unsaturated/α-hetero) is 1. The maximum Gasteiger partial charge on any atom is 0.132 e. The molecule has 0 spiro atoms. The third kappa shape index (κ3) is 5.96. The highest BCUT2D eigenvalue weighted by atomic mass is 16.5. The second-order valence-corrected chi connectivity index (χ2v) is 3.44. The van der Waals surface area contributed by atoms with Crippen molar-refractivity contribution in [3.63, 3.8) is 0 Å². The van der Waals surface area contributed by atoms with Crippen molar-refractivity contribution >= 4 is 5.78 Å². The normalized spacial score (nSPS) is 10.5. The highest BCUT2D eigenvalue weighted by Crippen LogP contribution is 1.95. The molecule has 0 N–H and O–H groups in total. The number of unbranched alkanes of at least 4 members (excludes halogenated alkanes) is 1. The van der Waals surface area contributed by atoms with Crippen molar-refractivity contribution in [1.82, 2.24) is 15.0 Å². The van der Waals surface area contributed by atoms with Gasteiger partial charge in [-0.3, -0.25) is 9.48 Å². The minimum absolute atomic E-state index is 0.178. The lowest BCUT2D eigenvalue weighted by Crippen LogP contribution is -2.04. The zero-order chi connectivity index (χ0) is 10.9. The summed E-state index contributed by atoms with van der Waals surface area (Å²) in [5.41, 5.74) is 0. The van der Waals surface area contributed by atoms with Crippen molar-refractivity contribution in [1.29, 1.82) is 0 Å². The number of ether oxygens (including phenoxy) is 1. The van der Waals surface area contributed by atoms with Gasteiger partial charge in [0.2, 0.25) is 0 Å². The van der Waals surface area contributed by atoms with Gasteiger partial charge >= 0.3 is 0 Å². The van der Waals surface area contributed by atoms with E-state index < -0.39 is 0 Å². The summed E-state index contributed by atoms with van der Waals surface area (Å²) < 4.78 is 7.10. The monoisotopic (exact) mass is 211 g/mol. The van der Waals surface area contributed by atoms with Crippen LogP contribution < -0.4 is 0 Å². The highest BCUT2D eigenvalue weighted by Gasteiger charge is 1.95. The Kier molecular flexibility index (Phi) is 5.62. The molecule has 0 saturated carbocycles. The summed E-state index contributed by atoms with van der Waals surface area (Å²) in [6.07, 6.45) is 6.03. The van der Waals surface area contributed by atoms with Crippen LogP contribution in [0.2, 0.25) is 0 Å². The van der Waals surface area contributed by atoms with E-state index in [4.69, 9.17) is 4.74 Å². The molecule has 0 atom stereocenters. The molecule has 1 rings (SSSR count). The van der Waals surface area contributed by atoms with Gasteiger partial charge in [0.15, 0.2) is 0 Å². The lowest BCUT2D eigenvalue weighted by molar-refractivity contribution is -0.118. The molecule has 0 bridgehead atoms. The van der Waals surface area contributed by atoms with Crippen LogP contribution in [0.1, 0.15) is 26.2 Å². The Labute approximate surface area is 89.4 Å². The van der Waals surface area contributed by atoms with Crippen LogP contribution in [0, 0.1) is 0 Å². The van der Waals surface area contributed by atoms with E-state index in [9.17, 15) is 4.79 Å². The molecule has 1 aromatic heterocycles. The molecule has 5 nitrogen and oxygen atoms in total. The van der Waals surface area contributed by atoms with Crippen molar-refractivity contribution in [2.45, 2.75) is 32.7 Å². The van der Waals surface area contributed by atoms with Crippen LogP contribution in [-0.2, 0) is 16.1 Å². The Morgan fingerprint density at radius 2 is 2.27 bits per heavy atom. The average Bonchev–Trinajstić information content (AvgIpc) is 2.68. The van der Waals surface area contributed by atoms with E-state index in [2.05, 4.69) is 10.3 Å². The van der Waals surface area contributed by atoms with Crippen LogP contribution in [0.3, 0.4) is 0 Å². The van der Waals surface area contributed by atoms with Crippen molar-refractivity contribution in [2.24, 2.45) is 0 Å². The second kappa shape index (κ2) is 7.11. The Bertz CT molecular complexity index is 272. The second-order valence-electron chi connectivity index (χ2n) is 3.44. The molecule has 0 aliphatic heterocycles. The number of hydrogen-bond donors (Lipinski definition) is 0. The summed E-state index contributed by atoms with van der Waals surface area (Å²) in [5, 5.41) is 7.57. The number of aromatic nitrogens is 3. The predicted molar refractivity (Wildman–Crippen MR) is 55.4 cm³/mol. The van der Waals surface area contributed by atoms with Crippen LogP contribution in [0.25, 0.3) is 0 Å². The molecule has 0 aliphatic carbocycles. The van der Waals surface area contributed by atoms with Gasteiger partial charge < -0.3 is 4.74 Å². The summed E-state index contributed by atoms with van der Waals surface area (Å²) in [6, 6.07) is 0. The van der Waals surface area contributed by atoms with E-state index in [0.717, 1.165) is 19.4 Å². The highest BCUT2D eigenvalue weighted by molar-refractivity contribution is 5.75. The zero-order valence-electron chi connectivity index (χ0n) is 9.06. The number of aryl methyl sites for hydroxylation is 1. The Hall–Kier alpha value is -1.23. The van der Waals surface area contributed by atoms with Crippen molar-refractivity contribution in [3.8, 4) is 0 Å². The molecule has 5 heteroatoms. The number of nitrogens with zero attached hydrogens (tertiary/aromatic N) is 3. The fourth-order valence-corrected chi connectivity index (χ4v) is 1.15. The van der Waals surface area contributed by atoms with Gasteiger partial charge in [-0.05, 0) is 19.8 Å². The maximum atomic E-state index is 10.6. The van der Waals surface area contributed by atoms with E-state index in [1.807, 2.05) is 6.20 Å². The van der Waals surface area contributed by atoms with Crippen molar-refractivity contribution in [3.05, 3.63) is 12.4 Å². The summed E-state index contributed by atoms with van der Waals surface area (Å²) >= 11 is 0. The third-order valence-corrected chi connectivity index (χ3v) is 2.00. The lowest BCUT2D eigenvalue weighted by atomic mass is 10.3. The van der Waals surface area contributed by atoms with Crippen LogP contribution in [0.4, 0.5) is 0 Å². The topological polar surface area (TPSA) is 57.0 Å². The smallest absolute Gasteiger partial charge is 0.132 e. The number of rotatable bonds is 8. The first kappa shape index (κ1) is 11.8. The molecule has 0 aliphatic rings. The van der Waals surface area contributed by atoms with Crippen LogP contribution in [0.5, 0.6) is 0 Å². The number of carbonyl (C=O) groups excluding carboxylic acids is 1. The third-order valence-electron chi connectivity index (χ3n) is 2.00. The molecule has 1 aromatic rings. The molecule has 15 heavy (non-hydrogen) atoms. The van der Waals surface area contributed by atoms with Crippen molar-refractivity contribution in [2.75, 3.05) is 13.2 Å². The van der Waals surface area contributed by atoms with Gasteiger partial charge in [-0.1, -0.05) is 5.21 Å². The minimum Gasteiger partial charge on any atom is -0.381 e. The Morgan fingerprint density at radius 1 is 1.40 bits per heavy atom. The van der Waals surface area contributed by atoms with E-state index in [1.54, 1.807) is 17.8 Å². The largest absolute Gasteiger partial charge is 0.381 e.